The molecule has 0 aromatic carbocycles. The summed E-state index contributed by atoms with van der Waals surface area (Å²) in [5, 5.41) is 7.12. The van der Waals surface area contributed by atoms with Gasteiger partial charge < -0.3 is 19.5 Å². The minimum atomic E-state index is -5.08. The van der Waals surface area contributed by atoms with Crippen molar-refractivity contribution in [3.8, 4) is 0 Å². The van der Waals surface area contributed by atoms with Gasteiger partial charge in [-0.25, -0.2) is 4.79 Å². The van der Waals surface area contributed by atoms with Crippen molar-refractivity contribution >= 4 is 11.9 Å². The van der Waals surface area contributed by atoms with E-state index in [1.807, 2.05) is 24.0 Å². The van der Waals surface area contributed by atoms with E-state index in [1.165, 1.54) is 0 Å². The van der Waals surface area contributed by atoms with Crippen LogP contribution in [0.25, 0.3) is 0 Å². The topological polar surface area (TPSA) is 89.0 Å². The molecular formula is C17H21F3N2O5. The van der Waals surface area contributed by atoms with Gasteiger partial charge >= 0.3 is 12.1 Å². The second-order valence-corrected chi connectivity index (χ2v) is 5.99. The Morgan fingerprint density at radius 1 is 1.37 bits per heavy atom. The fraction of sp³-hybridized carbons (Fsp3) is 0.588. The molecule has 0 bridgehead atoms. The van der Waals surface area contributed by atoms with E-state index in [2.05, 4.69) is 4.98 Å². The van der Waals surface area contributed by atoms with Crippen LogP contribution in [0.15, 0.2) is 24.4 Å². The number of hydrogen-bond donors (Lipinski definition) is 1. The van der Waals surface area contributed by atoms with E-state index in [-0.39, 0.29) is 24.2 Å². The smallest absolute Gasteiger partial charge is 0.475 e. The molecule has 27 heavy (non-hydrogen) atoms. The molecule has 1 aliphatic carbocycles. The number of pyridine rings is 1. The molecule has 0 spiro atoms. The predicted molar refractivity (Wildman–Crippen MR) is 87.1 cm³/mol. The lowest BCUT2D eigenvalue weighted by atomic mass is 10.1. The first kappa shape index (κ1) is 21.1. The minimum absolute atomic E-state index is 0.000971. The van der Waals surface area contributed by atoms with E-state index in [9.17, 15) is 18.0 Å². The maximum atomic E-state index is 12.6. The highest BCUT2D eigenvalue weighted by atomic mass is 19.4. The molecule has 1 N–H and O–H groups in total. The molecule has 0 radical (unpaired) electrons. The number of carbonyl (C=O) groups is 2. The molecule has 7 nitrogen and oxygen atoms in total. The molecule has 2 heterocycles. The molecule has 1 aliphatic heterocycles. The van der Waals surface area contributed by atoms with Crippen molar-refractivity contribution in [2.24, 2.45) is 0 Å². The number of morpholine rings is 1. The number of ether oxygens (including phenoxy) is 2. The second kappa shape index (κ2) is 9.14. The van der Waals surface area contributed by atoms with Crippen LogP contribution in [0, 0.1) is 0 Å². The fourth-order valence-corrected chi connectivity index (χ4v) is 3.20. The van der Waals surface area contributed by atoms with E-state index in [0.29, 0.717) is 25.5 Å². The number of amides is 1. The highest BCUT2D eigenvalue weighted by molar-refractivity contribution is 5.92. The standard InChI is InChI=1S/C15H20N2O3.C2HF3O2/c1-2-19-13-7-6-12-14(13)20-10-9-17(12)15(18)11-5-3-4-8-16-11;3-2(4,5)1(6)7/h3-5,8,12-14H,2,6-7,9-10H2,1H3;(H,6,7)/t12-,13+,14+;/m0./s1. The van der Waals surface area contributed by atoms with Gasteiger partial charge in [0.1, 0.15) is 11.8 Å². The van der Waals surface area contributed by atoms with Crippen molar-refractivity contribution in [3.63, 3.8) is 0 Å². The largest absolute Gasteiger partial charge is 0.490 e. The Balaban J connectivity index is 0.000000321. The van der Waals surface area contributed by atoms with Gasteiger partial charge in [0, 0.05) is 19.3 Å². The van der Waals surface area contributed by atoms with Crippen LogP contribution in [0.1, 0.15) is 30.3 Å². The number of halogens is 3. The molecule has 1 saturated heterocycles. The summed E-state index contributed by atoms with van der Waals surface area (Å²) in [4.78, 5) is 27.5. The molecule has 1 aromatic heterocycles. The summed E-state index contributed by atoms with van der Waals surface area (Å²) in [5.74, 6) is -2.76. The quantitative estimate of drug-likeness (QED) is 0.851. The molecular weight excluding hydrogens is 369 g/mol. The average molecular weight is 390 g/mol. The third-order valence-corrected chi connectivity index (χ3v) is 4.30. The lowest BCUT2D eigenvalue weighted by molar-refractivity contribution is -0.192. The van der Waals surface area contributed by atoms with Gasteiger partial charge in [0.25, 0.3) is 5.91 Å². The molecule has 3 atom stereocenters. The number of rotatable bonds is 3. The Kier molecular flexibility index (Phi) is 7.14. The maximum absolute atomic E-state index is 12.6. The third kappa shape index (κ3) is 5.39. The van der Waals surface area contributed by atoms with Gasteiger partial charge in [0.15, 0.2) is 0 Å². The maximum Gasteiger partial charge on any atom is 0.490 e. The van der Waals surface area contributed by atoms with E-state index >= 15 is 0 Å². The molecule has 1 aromatic rings. The molecule has 1 saturated carbocycles. The summed E-state index contributed by atoms with van der Waals surface area (Å²) in [6.45, 7) is 3.89. The van der Waals surface area contributed by atoms with Crippen LogP contribution in [-0.4, -0.2) is 71.1 Å². The van der Waals surface area contributed by atoms with Crippen molar-refractivity contribution < 1.29 is 37.3 Å². The third-order valence-electron chi connectivity index (χ3n) is 4.30. The van der Waals surface area contributed by atoms with Gasteiger partial charge in [0.2, 0.25) is 0 Å². The Bertz CT molecular complexity index is 641. The zero-order valence-corrected chi connectivity index (χ0v) is 14.7. The number of hydrogen-bond acceptors (Lipinski definition) is 5. The van der Waals surface area contributed by atoms with Gasteiger partial charge in [-0.15, -0.1) is 0 Å². The van der Waals surface area contributed by atoms with Crippen molar-refractivity contribution in [3.05, 3.63) is 30.1 Å². The van der Waals surface area contributed by atoms with E-state index in [0.717, 1.165) is 12.8 Å². The van der Waals surface area contributed by atoms with E-state index in [4.69, 9.17) is 19.4 Å². The molecule has 2 aliphatic rings. The first-order chi connectivity index (χ1) is 12.8. The van der Waals surface area contributed by atoms with Crippen LogP contribution in [0.3, 0.4) is 0 Å². The SMILES string of the molecule is CCO[C@@H]1CC[C@H]2[C@H]1OCCN2C(=O)c1ccccn1.O=C(O)C(F)(F)F. The van der Waals surface area contributed by atoms with Crippen LogP contribution < -0.4 is 0 Å². The van der Waals surface area contributed by atoms with E-state index < -0.39 is 12.1 Å². The summed E-state index contributed by atoms with van der Waals surface area (Å²) < 4.78 is 43.3. The van der Waals surface area contributed by atoms with Crippen LogP contribution >= 0.6 is 0 Å². The Labute approximate surface area is 154 Å². The molecule has 10 heteroatoms. The lowest BCUT2D eigenvalue weighted by Gasteiger charge is -2.38. The number of carboxylic acids is 1. The number of aliphatic carboxylic acids is 1. The Morgan fingerprint density at radius 2 is 2.07 bits per heavy atom. The average Bonchev–Trinajstić information content (AvgIpc) is 3.05. The zero-order chi connectivity index (χ0) is 20.0. The summed E-state index contributed by atoms with van der Waals surface area (Å²) >= 11 is 0. The van der Waals surface area contributed by atoms with Crippen molar-refractivity contribution in [2.45, 2.75) is 44.2 Å². The van der Waals surface area contributed by atoms with Crippen LogP contribution in [0.5, 0.6) is 0 Å². The monoisotopic (exact) mass is 390 g/mol. The van der Waals surface area contributed by atoms with Crippen molar-refractivity contribution in [2.75, 3.05) is 19.8 Å². The summed E-state index contributed by atoms with van der Waals surface area (Å²) in [5.41, 5.74) is 0.507. The van der Waals surface area contributed by atoms with Gasteiger partial charge in [-0.1, -0.05) is 6.07 Å². The highest BCUT2D eigenvalue weighted by Crippen LogP contribution is 2.32. The van der Waals surface area contributed by atoms with Crippen LogP contribution in [-0.2, 0) is 14.3 Å². The molecule has 0 unspecified atom stereocenters. The van der Waals surface area contributed by atoms with Gasteiger partial charge in [-0.2, -0.15) is 13.2 Å². The predicted octanol–water partition coefficient (Wildman–Crippen LogP) is 2.12. The van der Waals surface area contributed by atoms with Gasteiger partial charge in [-0.3, -0.25) is 9.78 Å². The highest BCUT2D eigenvalue weighted by Gasteiger charge is 2.45. The lowest BCUT2D eigenvalue weighted by Crippen LogP contribution is -2.54. The van der Waals surface area contributed by atoms with Crippen LogP contribution in [0.4, 0.5) is 13.2 Å². The summed E-state index contributed by atoms with van der Waals surface area (Å²) in [6.07, 6.45) is -1.41. The summed E-state index contributed by atoms with van der Waals surface area (Å²) in [6, 6.07) is 5.55. The second-order valence-electron chi connectivity index (χ2n) is 5.99. The number of nitrogens with zero attached hydrogens (tertiary/aromatic N) is 2. The first-order valence-corrected chi connectivity index (χ1v) is 8.51. The molecule has 3 rings (SSSR count). The van der Waals surface area contributed by atoms with Gasteiger partial charge in [-0.05, 0) is 31.9 Å². The van der Waals surface area contributed by atoms with E-state index in [1.54, 1.807) is 12.3 Å². The minimum Gasteiger partial charge on any atom is -0.475 e. The number of fused-ring (bicyclic) bond motifs is 1. The molecule has 150 valence electrons. The zero-order valence-electron chi connectivity index (χ0n) is 14.7. The Hall–Kier alpha value is -2.20. The van der Waals surface area contributed by atoms with Crippen molar-refractivity contribution in [1.82, 2.24) is 9.88 Å². The Morgan fingerprint density at radius 3 is 2.63 bits per heavy atom. The molecule has 1 amide bonds. The number of aromatic nitrogens is 1. The first-order valence-electron chi connectivity index (χ1n) is 8.51. The van der Waals surface area contributed by atoms with Crippen molar-refractivity contribution in [1.29, 1.82) is 0 Å². The number of carboxylic acid groups (broad SMARTS) is 1. The fourth-order valence-electron chi connectivity index (χ4n) is 3.20. The van der Waals surface area contributed by atoms with Crippen LogP contribution in [0.2, 0.25) is 0 Å². The number of carbonyl (C=O) groups excluding carboxylic acids is 1. The van der Waals surface area contributed by atoms with Gasteiger partial charge in [0.05, 0.1) is 18.8 Å². The number of alkyl halides is 3. The summed E-state index contributed by atoms with van der Waals surface area (Å²) in [7, 11) is 0. The molecule has 2 fully saturated rings. The normalized spacial score (nSPS) is 24.6.